The molecule has 5 nitrogen and oxygen atoms in total. The molecular weight excluding hydrogens is 394 g/mol. The van der Waals surface area contributed by atoms with Crippen LogP contribution in [0.3, 0.4) is 0 Å². The topological polar surface area (TPSA) is 59.1 Å². The van der Waals surface area contributed by atoms with Crippen molar-refractivity contribution in [2.24, 2.45) is 11.8 Å². The van der Waals surface area contributed by atoms with Crippen LogP contribution in [0.2, 0.25) is 0 Å². The maximum Gasteiger partial charge on any atom is 0.349 e. The van der Waals surface area contributed by atoms with Crippen LogP contribution in [0.25, 0.3) is 0 Å². The highest BCUT2D eigenvalue weighted by Crippen LogP contribution is 2.82. The first-order chi connectivity index (χ1) is 12.9. The van der Waals surface area contributed by atoms with Crippen molar-refractivity contribution in [3.8, 4) is 0 Å². The highest BCUT2D eigenvalue weighted by molar-refractivity contribution is 7.12. The number of carbonyl (C=O) groups excluding carboxylic acids is 1. The normalized spacial score (nSPS) is 38.8. The van der Waals surface area contributed by atoms with E-state index in [4.69, 9.17) is 9.47 Å². The van der Waals surface area contributed by atoms with Crippen LogP contribution in [0.1, 0.15) is 23.6 Å². The SMILES string of the molecule is C.C[N+]1(C)CCC(OC(=O)C(O)(c2cccs2)c2cccs2)C2C3C4OC43C21. The Labute approximate surface area is 173 Å². The number of piperidine rings is 1. The summed E-state index contributed by atoms with van der Waals surface area (Å²) in [6.07, 6.45) is 1.09. The molecule has 4 heterocycles. The molecule has 6 rings (SSSR count). The van der Waals surface area contributed by atoms with E-state index in [2.05, 4.69) is 14.1 Å². The van der Waals surface area contributed by atoms with Gasteiger partial charge in [0.05, 0.1) is 36.3 Å². The summed E-state index contributed by atoms with van der Waals surface area (Å²) in [5.74, 6) is 0.362. The Hall–Kier alpha value is -1.25. The van der Waals surface area contributed by atoms with Crippen molar-refractivity contribution in [3.05, 3.63) is 44.8 Å². The largest absolute Gasteiger partial charge is 0.459 e. The Bertz CT molecular complexity index is 875. The molecule has 1 N–H and O–H groups in total. The number of nitrogens with zero attached hydrogens (tertiary/aromatic N) is 1. The maximum atomic E-state index is 13.3. The van der Waals surface area contributed by atoms with Gasteiger partial charge in [0.25, 0.3) is 0 Å². The molecule has 1 spiro atoms. The van der Waals surface area contributed by atoms with Gasteiger partial charge >= 0.3 is 5.97 Å². The molecule has 2 saturated heterocycles. The number of ether oxygens (including phenoxy) is 2. The predicted molar refractivity (Wildman–Crippen MR) is 108 cm³/mol. The lowest BCUT2D eigenvalue weighted by Gasteiger charge is -2.56. The molecule has 150 valence electrons. The second kappa shape index (κ2) is 5.67. The Morgan fingerprint density at radius 1 is 1.29 bits per heavy atom. The van der Waals surface area contributed by atoms with E-state index in [1.165, 1.54) is 22.7 Å². The van der Waals surface area contributed by atoms with Crippen molar-refractivity contribution in [2.75, 3.05) is 20.6 Å². The number of carbonyl (C=O) groups is 1. The monoisotopic (exact) mass is 420 g/mol. The van der Waals surface area contributed by atoms with E-state index in [1.807, 2.05) is 22.9 Å². The van der Waals surface area contributed by atoms with E-state index in [0.717, 1.165) is 17.4 Å². The number of thiophene rings is 2. The number of hydrogen-bond donors (Lipinski definition) is 1. The van der Waals surface area contributed by atoms with Gasteiger partial charge in [0.2, 0.25) is 5.60 Å². The number of esters is 1. The molecule has 2 saturated carbocycles. The molecule has 0 amide bonds. The van der Waals surface area contributed by atoms with Crippen molar-refractivity contribution >= 4 is 28.6 Å². The predicted octanol–water partition coefficient (Wildman–Crippen LogP) is 2.84. The second-order valence-corrected chi connectivity index (χ2v) is 10.7. The Kier molecular flexibility index (Phi) is 3.80. The zero-order valence-electron chi connectivity index (χ0n) is 15.2. The molecule has 0 aromatic carbocycles. The van der Waals surface area contributed by atoms with Gasteiger partial charge in [-0.3, -0.25) is 0 Å². The fraction of sp³-hybridized carbons (Fsp3) is 0.571. The van der Waals surface area contributed by atoms with Crippen molar-refractivity contribution in [1.82, 2.24) is 0 Å². The molecule has 0 radical (unpaired) electrons. The van der Waals surface area contributed by atoms with Gasteiger partial charge in [-0.05, 0) is 22.9 Å². The summed E-state index contributed by atoms with van der Waals surface area (Å²) in [5, 5.41) is 15.2. The van der Waals surface area contributed by atoms with E-state index in [1.54, 1.807) is 12.1 Å². The number of fused-ring (bicyclic) bond motifs is 3. The molecule has 4 aliphatic rings. The summed E-state index contributed by atoms with van der Waals surface area (Å²) in [6.45, 7) is 0.958. The minimum Gasteiger partial charge on any atom is -0.459 e. The molecule has 2 aliphatic carbocycles. The molecule has 0 bridgehead atoms. The third kappa shape index (κ3) is 2.09. The molecule has 6 unspecified atom stereocenters. The maximum absolute atomic E-state index is 13.3. The number of hydrogen-bond acceptors (Lipinski definition) is 6. The van der Waals surface area contributed by atoms with Crippen molar-refractivity contribution in [1.29, 1.82) is 0 Å². The summed E-state index contributed by atoms with van der Waals surface area (Å²) in [4.78, 5) is 14.5. The molecular formula is C21H26NO4S2+. The average Bonchev–Trinajstić information content (AvgIpc) is 3.21. The Morgan fingerprint density at radius 3 is 2.46 bits per heavy atom. The molecule has 2 aromatic rings. The summed E-state index contributed by atoms with van der Waals surface area (Å²) in [6, 6.07) is 7.73. The van der Waals surface area contributed by atoms with Gasteiger partial charge in [-0.15, -0.1) is 22.7 Å². The molecule has 28 heavy (non-hydrogen) atoms. The van der Waals surface area contributed by atoms with Gasteiger partial charge < -0.3 is 19.1 Å². The smallest absolute Gasteiger partial charge is 0.349 e. The summed E-state index contributed by atoms with van der Waals surface area (Å²) < 4.78 is 12.8. The van der Waals surface area contributed by atoms with Gasteiger partial charge in [0.15, 0.2) is 5.60 Å². The van der Waals surface area contributed by atoms with Gasteiger partial charge in [-0.25, -0.2) is 4.79 Å². The Balaban J connectivity index is 0.00000171. The molecule has 2 aliphatic heterocycles. The van der Waals surface area contributed by atoms with Gasteiger partial charge in [-0.2, -0.15) is 0 Å². The lowest BCUT2D eigenvalue weighted by Crippen LogP contribution is -2.71. The molecule has 7 heteroatoms. The van der Waals surface area contributed by atoms with E-state index < -0.39 is 11.6 Å². The van der Waals surface area contributed by atoms with Crippen LogP contribution in [-0.4, -0.2) is 60.0 Å². The van der Waals surface area contributed by atoms with Crippen LogP contribution in [-0.2, 0) is 19.9 Å². The highest BCUT2D eigenvalue weighted by Gasteiger charge is 3.00. The quantitative estimate of drug-likeness (QED) is 0.469. The van der Waals surface area contributed by atoms with Crippen molar-refractivity contribution in [2.45, 2.75) is 43.3 Å². The van der Waals surface area contributed by atoms with E-state index >= 15 is 0 Å². The zero-order valence-corrected chi connectivity index (χ0v) is 16.8. The lowest BCUT2D eigenvalue weighted by atomic mass is 9.68. The van der Waals surface area contributed by atoms with E-state index in [0.29, 0.717) is 33.7 Å². The number of aliphatic hydroxyl groups is 1. The summed E-state index contributed by atoms with van der Waals surface area (Å²) in [5.41, 5.74) is -1.62. The number of likely N-dealkylation sites (N-methyl/N-ethyl adjacent to an activating group) is 1. The highest BCUT2D eigenvalue weighted by atomic mass is 32.1. The standard InChI is InChI=1S/C20H22NO4S2.CH4/c1-21(2)8-7-11(14-15-17-20(15,25-17)16(14)21)24-18(22)19(23,12-5-3-9-26-12)13-6-4-10-27-13;/h3-6,9-11,14-17,23H,7-8H2,1-2H3;1H4/q+1;. The third-order valence-corrected chi connectivity index (χ3v) is 9.14. The van der Waals surface area contributed by atoms with E-state index in [-0.39, 0.29) is 19.1 Å². The van der Waals surface area contributed by atoms with Crippen LogP contribution in [0.4, 0.5) is 0 Å². The fourth-order valence-corrected chi connectivity index (χ4v) is 7.56. The number of rotatable bonds is 4. The van der Waals surface area contributed by atoms with Crippen LogP contribution >= 0.6 is 22.7 Å². The minimum absolute atomic E-state index is 0. The molecule has 4 fully saturated rings. The lowest BCUT2D eigenvalue weighted by molar-refractivity contribution is -0.936. The summed E-state index contributed by atoms with van der Waals surface area (Å²) in [7, 11) is 4.51. The van der Waals surface area contributed by atoms with Crippen molar-refractivity contribution in [3.63, 3.8) is 0 Å². The van der Waals surface area contributed by atoms with Gasteiger partial charge in [0.1, 0.15) is 18.2 Å². The van der Waals surface area contributed by atoms with Crippen molar-refractivity contribution < 1.29 is 23.9 Å². The number of likely N-dealkylation sites (tertiary alicyclic amines) is 1. The van der Waals surface area contributed by atoms with E-state index in [9.17, 15) is 9.90 Å². The van der Waals surface area contributed by atoms with Gasteiger partial charge in [0, 0.05) is 12.3 Å². The molecule has 2 aromatic heterocycles. The summed E-state index contributed by atoms with van der Waals surface area (Å²) >= 11 is 2.76. The van der Waals surface area contributed by atoms with Gasteiger partial charge in [-0.1, -0.05) is 19.6 Å². The first kappa shape index (κ1) is 18.8. The second-order valence-electron chi connectivity index (χ2n) is 8.84. The average molecular weight is 421 g/mol. The minimum atomic E-state index is -1.72. The fourth-order valence-electron chi connectivity index (χ4n) is 5.85. The first-order valence-electron chi connectivity index (χ1n) is 9.42. The third-order valence-electron chi connectivity index (χ3n) is 7.18. The Morgan fingerprint density at radius 2 is 1.93 bits per heavy atom. The van der Waals surface area contributed by atoms with Crippen LogP contribution in [0, 0.1) is 11.8 Å². The van der Waals surface area contributed by atoms with Crippen LogP contribution in [0.15, 0.2) is 35.0 Å². The molecule has 6 atom stereocenters. The first-order valence-corrected chi connectivity index (χ1v) is 11.2. The zero-order chi connectivity index (χ0) is 18.6. The number of quaternary nitrogens is 1. The van der Waals surface area contributed by atoms with Crippen LogP contribution < -0.4 is 0 Å². The van der Waals surface area contributed by atoms with Crippen LogP contribution in [0.5, 0.6) is 0 Å². The number of epoxide rings is 1.